The second-order valence-electron chi connectivity index (χ2n) is 3.52. The molecule has 0 amide bonds. The molecular formula is C13H19NO. The summed E-state index contributed by atoms with van der Waals surface area (Å²) < 4.78 is 5.31. The molecule has 0 aromatic carbocycles. The summed E-state index contributed by atoms with van der Waals surface area (Å²) in [5.41, 5.74) is 2.35. The van der Waals surface area contributed by atoms with Crippen molar-refractivity contribution in [3.05, 3.63) is 48.7 Å². The van der Waals surface area contributed by atoms with Crippen LogP contribution in [0.15, 0.2) is 48.7 Å². The third kappa shape index (κ3) is 3.76. The number of allylic oxidation sites excluding steroid dienone is 5. The number of nitrogens with zero attached hydrogens (tertiary/aromatic N) is 1. The summed E-state index contributed by atoms with van der Waals surface area (Å²) >= 11 is 0. The standard InChI is InChI=1S/C13H19NO/c1-4-6-12(3)11-13(5-2)14-7-9-15-10-8-14/h4-6,11H,1-2,7-10H2,3H3/b12-6-,13-11+. The van der Waals surface area contributed by atoms with E-state index in [0.29, 0.717) is 0 Å². The van der Waals surface area contributed by atoms with Crippen LogP contribution < -0.4 is 0 Å². The molecule has 0 atom stereocenters. The first-order valence-electron chi connectivity index (χ1n) is 5.24. The fourth-order valence-corrected chi connectivity index (χ4v) is 1.57. The summed E-state index contributed by atoms with van der Waals surface area (Å²) in [4.78, 5) is 2.29. The van der Waals surface area contributed by atoms with Gasteiger partial charge in [-0.1, -0.05) is 25.3 Å². The lowest BCUT2D eigenvalue weighted by atomic mass is 10.2. The van der Waals surface area contributed by atoms with Gasteiger partial charge < -0.3 is 9.64 Å². The molecule has 15 heavy (non-hydrogen) atoms. The predicted molar refractivity (Wildman–Crippen MR) is 64.6 cm³/mol. The fraction of sp³-hybridized carbons (Fsp3) is 0.385. The molecule has 0 aromatic rings. The van der Waals surface area contributed by atoms with Gasteiger partial charge in [-0.2, -0.15) is 0 Å². The second-order valence-corrected chi connectivity index (χ2v) is 3.52. The van der Waals surface area contributed by atoms with E-state index in [-0.39, 0.29) is 0 Å². The maximum atomic E-state index is 5.31. The molecule has 0 saturated carbocycles. The van der Waals surface area contributed by atoms with Crippen LogP contribution in [0.4, 0.5) is 0 Å². The Bertz CT molecular complexity index is 283. The number of ether oxygens (including phenoxy) is 1. The van der Waals surface area contributed by atoms with Crippen molar-refractivity contribution in [1.82, 2.24) is 4.90 Å². The fourth-order valence-electron chi connectivity index (χ4n) is 1.57. The molecule has 2 heteroatoms. The molecule has 0 radical (unpaired) electrons. The molecule has 0 aromatic heterocycles. The number of morpholine rings is 1. The summed E-state index contributed by atoms with van der Waals surface area (Å²) in [6, 6.07) is 0. The van der Waals surface area contributed by atoms with Crippen LogP contribution in [-0.2, 0) is 4.74 Å². The molecule has 0 aliphatic carbocycles. The molecule has 82 valence electrons. The van der Waals surface area contributed by atoms with Crippen LogP contribution in [0.25, 0.3) is 0 Å². The zero-order valence-electron chi connectivity index (χ0n) is 9.41. The molecule has 0 spiro atoms. The Balaban J connectivity index is 2.72. The zero-order chi connectivity index (χ0) is 11.1. The van der Waals surface area contributed by atoms with Crippen molar-refractivity contribution in [2.75, 3.05) is 26.3 Å². The third-order valence-corrected chi connectivity index (χ3v) is 2.34. The van der Waals surface area contributed by atoms with Crippen molar-refractivity contribution in [3.63, 3.8) is 0 Å². The highest BCUT2D eigenvalue weighted by molar-refractivity contribution is 5.29. The second kappa shape index (κ2) is 6.25. The Hall–Kier alpha value is -1.28. The minimum Gasteiger partial charge on any atom is -0.378 e. The van der Waals surface area contributed by atoms with Crippen molar-refractivity contribution >= 4 is 0 Å². The maximum Gasteiger partial charge on any atom is 0.0642 e. The van der Waals surface area contributed by atoms with Gasteiger partial charge in [-0.25, -0.2) is 0 Å². The van der Waals surface area contributed by atoms with E-state index in [1.165, 1.54) is 5.57 Å². The molecule has 1 saturated heterocycles. The first-order valence-corrected chi connectivity index (χ1v) is 5.24. The van der Waals surface area contributed by atoms with Crippen molar-refractivity contribution in [3.8, 4) is 0 Å². The van der Waals surface area contributed by atoms with Crippen molar-refractivity contribution in [2.24, 2.45) is 0 Å². The van der Waals surface area contributed by atoms with Gasteiger partial charge in [0.15, 0.2) is 0 Å². The van der Waals surface area contributed by atoms with Crippen LogP contribution >= 0.6 is 0 Å². The maximum absolute atomic E-state index is 5.31. The Morgan fingerprint density at radius 1 is 1.27 bits per heavy atom. The van der Waals surface area contributed by atoms with E-state index in [1.54, 1.807) is 6.08 Å². The summed E-state index contributed by atoms with van der Waals surface area (Å²) in [6.07, 6.45) is 7.81. The first-order chi connectivity index (χ1) is 7.27. The summed E-state index contributed by atoms with van der Waals surface area (Å²) in [5, 5.41) is 0. The zero-order valence-corrected chi connectivity index (χ0v) is 9.41. The lowest BCUT2D eigenvalue weighted by Gasteiger charge is -2.29. The van der Waals surface area contributed by atoms with E-state index >= 15 is 0 Å². The molecule has 1 aliphatic heterocycles. The van der Waals surface area contributed by atoms with E-state index in [1.807, 2.05) is 12.2 Å². The molecule has 1 aliphatic rings. The minimum atomic E-state index is 0.801. The van der Waals surface area contributed by atoms with Crippen LogP contribution in [0, 0.1) is 0 Å². The molecule has 1 fully saturated rings. The smallest absolute Gasteiger partial charge is 0.0642 e. The molecule has 0 unspecified atom stereocenters. The van der Waals surface area contributed by atoms with Gasteiger partial charge in [0, 0.05) is 18.8 Å². The summed E-state index contributed by atoms with van der Waals surface area (Å²) in [7, 11) is 0. The molecule has 0 N–H and O–H groups in total. The average molecular weight is 205 g/mol. The topological polar surface area (TPSA) is 12.5 Å². The predicted octanol–water partition coefficient (Wildman–Crippen LogP) is 2.52. The molecular weight excluding hydrogens is 186 g/mol. The van der Waals surface area contributed by atoms with Gasteiger partial charge in [0.05, 0.1) is 13.2 Å². The highest BCUT2D eigenvalue weighted by Gasteiger charge is 2.10. The normalized spacial score (nSPS) is 18.9. The first kappa shape index (κ1) is 11.8. The van der Waals surface area contributed by atoms with E-state index in [2.05, 4.69) is 31.1 Å². The molecule has 2 nitrogen and oxygen atoms in total. The highest BCUT2D eigenvalue weighted by Crippen LogP contribution is 2.11. The number of hydrogen-bond acceptors (Lipinski definition) is 2. The molecule has 0 bridgehead atoms. The van der Waals surface area contributed by atoms with Crippen LogP contribution in [0.3, 0.4) is 0 Å². The van der Waals surface area contributed by atoms with Gasteiger partial charge in [-0.05, 0) is 24.6 Å². The SMILES string of the molecule is C=C/C=C(C)\C=C(/C=C)N1CCOCC1. The van der Waals surface area contributed by atoms with E-state index < -0.39 is 0 Å². The molecule has 1 heterocycles. The lowest BCUT2D eigenvalue weighted by Crippen LogP contribution is -2.35. The van der Waals surface area contributed by atoms with Gasteiger partial charge in [0.1, 0.15) is 0 Å². The number of hydrogen-bond donors (Lipinski definition) is 0. The van der Waals surface area contributed by atoms with E-state index in [4.69, 9.17) is 4.74 Å². The van der Waals surface area contributed by atoms with Crippen molar-refractivity contribution in [1.29, 1.82) is 0 Å². The van der Waals surface area contributed by atoms with Gasteiger partial charge in [0.2, 0.25) is 0 Å². The minimum absolute atomic E-state index is 0.801. The Kier molecular flexibility index (Phi) is 4.91. The highest BCUT2D eigenvalue weighted by atomic mass is 16.5. The van der Waals surface area contributed by atoms with Gasteiger partial charge in [0.25, 0.3) is 0 Å². The van der Waals surface area contributed by atoms with E-state index in [9.17, 15) is 0 Å². The number of rotatable bonds is 4. The van der Waals surface area contributed by atoms with Crippen molar-refractivity contribution in [2.45, 2.75) is 6.92 Å². The van der Waals surface area contributed by atoms with Gasteiger partial charge in [-0.15, -0.1) is 0 Å². The monoisotopic (exact) mass is 205 g/mol. The Labute approximate surface area is 92.2 Å². The van der Waals surface area contributed by atoms with Gasteiger partial charge in [-0.3, -0.25) is 0 Å². The third-order valence-electron chi connectivity index (χ3n) is 2.34. The Morgan fingerprint density at radius 2 is 1.93 bits per heavy atom. The summed E-state index contributed by atoms with van der Waals surface area (Å²) in [6.45, 7) is 13.1. The van der Waals surface area contributed by atoms with Crippen LogP contribution in [-0.4, -0.2) is 31.2 Å². The lowest BCUT2D eigenvalue weighted by molar-refractivity contribution is 0.0554. The van der Waals surface area contributed by atoms with Crippen LogP contribution in [0.1, 0.15) is 6.92 Å². The summed E-state index contributed by atoms with van der Waals surface area (Å²) in [5.74, 6) is 0. The van der Waals surface area contributed by atoms with Crippen LogP contribution in [0.5, 0.6) is 0 Å². The largest absolute Gasteiger partial charge is 0.378 e. The quantitative estimate of drug-likeness (QED) is 0.654. The Morgan fingerprint density at radius 3 is 2.47 bits per heavy atom. The average Bonchev–Trinajstić information content (AvgIpc) is 2.27. The van der Waals surface area contributed by atoms with Crippen molar-refractivity contribution < 1.29 is 4.74 Å². The van der Waals surface area contributed by atoms with Crippen LogP contribution in [0.2, 0.25) is 0 Å². The molecule has 1 rings (SSSR count). The van der Waals surface area contributed by atoms with Gasteiger partial charge >= 0.3 is 0 Å². The van der Waals surface area contributed by atoms with E-state index in [0.717, 1.165) is 32.0 Å².